The second kappa shape index (κ2) is 8.57. The summed E-state index contributed by atoms with van der Waals surface area (Å²) in [7, 11) is 0. The number of aromatic nitrogens is 2. The molecular weight excluding hydrogens is 262 g/mol. The van der Waals surface area contributed by atoms with Crippen LogP contribution in [0.5, 0.6) is 0 Å². The first-order valence-electron chi connectivity index (χ1n) is 7.90. The normalized spacial score (nSPS) is 12.5. The zero-order valence-corrected chi connectivity index (χ0v) is 13.0. The summed E-state index contributed by atoms with van der Waals surface area (Å²) in [5.74, 6) is 1.23. The number of nitrogens with one attached hydrogen (secondary N) is 1. The van der Waals surface area contributed by atoms with Gasteiger partial charge in [-0.05, 0) is 25.5 Å². The molecule has 0 saturated heterocycles. The van der Waals surface area contributed by atoms with E-state index in [-0.39, 0.29) is 0 Å². The van der Waals surface area contributed by atoms with Crippen molar-refractivity contribution in [3.63, 3.8) is 0 Å². The highest BCUT2D eigenvalue weighted by molar-refractivity contribution is 5.51. The molecule has 2 aromatic rings. The molecule has 0 spiro atoms. The lowest BCUT2D eigenvalue weighted by atomic mass is 10.1. The van der Waals surface area contributed by atoms with Crippen LogP contribution in [0.3, 0.4) is 0 Å². The smallest absolute Gasteiger partial charge is 0.247 e. The van der Waals surface area contributed by atoms with Gasteiger partial charge in [-0.3, -0.25) is 0 Å². The molecule has 4 heteroatoms. The highest BCUT2D eigenvalue weighted by atomic mass is 16.4. The number of nitrogens with zero attached hydrogens (tertiary/aromatic N) is 2. The molecule has 21 heavy (non-hydrogen) atoms. The largest absolute Gasteiger partial charge is 0.419 e. The van der Waals surface area contributed by atoms with Crippen LogP contribution in [0, 0.1) is 0 Å². The first-order chi connectivity index (χ1) is 10.3. The maximum Gasteiger partial charge on any atom is 0.247 e. The first kappa shape index (κ1) is 15.7. The van der Waals surface area contributed by atoms with Gasteiger partial charge in [-0.15, -0.1) is 10.2 Å². The van der Waals surface area contributed by atoms with Gasteiger partial charge in [0.1, 0.15) is 0 Å². The van der Waals surface area contributed by atoms with Crippen LogP contribution < -0.4 is 5.32 Å². The Morgan fingerprint density at radius 3 is 2.67 bits per heavy atom. The van der Waals surface area contributed by atoms with Crippen molar-refractivity contribution in [1.82, 2.24) is 15.5 Å². The zero-order valence-electron chi connectivity index (χ0n) is 13.0. The summed E-state index contributed by atoms with van der Waals surface area (Å²) in [6, 6.07) is 10.3. The van der Waals surface area contributed by atoms with Crippen LogP contribution >= 0.6 is 0 Å². The summed E-state index contributed by atoms with van der Waals surface area (Å²) in [4.78, 5) is 0. The maximum absolute atomic E-state index is 5.68. The molecule has 1 atom stereocenters. The van der Waals surface area contributed by atoms with E-state index >= 15 is 0 Å². The third kappa shape index (κ3) is 5.31. The summed E-state index contributed by atoms with van der Waals surface area (Å²) >= 11 is 0. The van der Waals surface area contributed by atoms with Crippen LogP contribution in [0.25, 0.3) is 11.5 Å². The van der Waals surface area contributed by atoms with Crippen molar-refractivity contribution < 1.29 is 4.42 Å². The molecule has 1 aromatic carbocycles. The minimum atomic E-state index is 0.480. The Balaban J connectivity index is 1.75. The number of hydrogen-bond donors (Lipinski definition) is 1. The van der Waals surface area contributed by atoms with Gasteiger partial charge in [-0.2, -0.15) is 0 Å². The molecule has 2 rings (SSSR count). The Morgan fingerprint density at radius 1 is 1.10 bits per heavy atom. The van der Waals surface area contributed by atoms with Crippen molar-refractivity contribution in [1.29, 1.82) is 0 Å². The SMILES string of the molecule is CCCCCCC(C)NCc1nnc(-c2ccccc2)o1. The molecule has 0 bridgehead atoms. The molecule has 0 aliphatic carbocycles. The quantitative estimate of drug-likeness (QED) is 0.703. The number of hydrogen-bond acceptors (Lipinski definition) is 4. The Kier molecular flexibility index (Phi) is 6.41. The fourth-order valence-corrected chi connectivity index (χ4v) is 2.26. The van der Waals surface area contributed by atoms with Crippen molar-refractivity contribution >= 4 is 0 Å². The van der Waals surface area contributed by atoms with E-state index < -0.39 is 0 Å². The molecule has 0 aliphatic rings. The topological polar surface area (TPSA) is 51.0 Å². The van der Waals surface area contributed by atoms with Gasteiger partial charge >= 0.3 is 0 Å². The Hall–Kier alpha value is -1.68. The molecule has 1 heterocycles. The second-order valence-electron chi connectivity index (χ2n) is 5.50. The standard InChI is InChI=1S/C17H25N3O/c1-3-4-5-7-10-14(2)18-13-16-19-20-17(21-16)15-11-8-6-9-12-15/h6,8-9,11-12,14,18H,3-5,7,10,13H2,1-2H3. The molecule has 0 saturated carbocycles. The van der Waals surface area contributed by atoms with Gasteiger partial charge in [0.2, 0.25) is 11.8 Å². The van der Waals surface area contributed by atoms with Crippen LogP contribution in [0.1, 0.15) is 51.8 Å². The van der Waals surface area contributed by atoms with Crippen molar-refractivity contribution in [2.24, 2.45) is 0 Å². The van der Waals surface area contributed by atoms with Crippen molar-refractivity contribution in [3.8, 4) is 11.5 Å². The van der Waals surface area contributed by atoms with Gasteiger partial charge in [-0.25, -0.2) is 0 Å². The monoisotopic (exact) mass is 287 g/mol. The van der Waals surface area contributed by atoms with Crippen LogP contribution in [-0.2, 0) is 6.54 Å². The predicted molar refractivity (Wildman–Crippen MR) is 84.8 cm³/mol. The lowest BCUT2D eigenvalue weighted by molar-refractivity contribution is 0.428. The van der Waals surface area contributed by atoms with Crippen molar-refractivity contribution in [3.05, 3.63) is 36.2 Å². The fourth-order valence-electron chi connectivity index (χ4n) is 2.26. The molecule has 1 N–H and O–H groups in total. The van der Waals surface area contributed by atoms with E-state index in [1.54, 1.807) is 0 Å². The molecule has 0 aliphatic heterocycles. The number of unbranched alkanes of at least 4 members (excludes halogenated alkanes) is 3. The van der Waals surface area contributed by atoms with Gasteiger partial charge in [0.25, 0.3) is 0 Å². The van der Waals surface area contributed by atoms with Crippen LogP contribution in [0.4, 0.5) is 0 Å². The first-order valence-corrected chi connectivity index (χ1v) is 7.90. The van der Waals surface area contributed by atoms with Crippen molar-refractivity contribution in [2.75, 3.05) is 0 Å². The molecule has 0 radical (unpaired) electrons. The third-order valence-electron chi connectivity index (χ3n) is 3.58. The minimum Gasteiger partial charge on any atom is -0.419 e. The van der Waals surface area contributed by atoms with Crippen LogP contribution in [0.15, 0.2) is 34.7 Å². The summed E-state index contributed by atoms with van der Waals surface area (Å²) in [5.41, 5.74) is 0.962. The molecular formula is C17H25N3O. The van der Waals surface area contributed by atoms with E-state index in [1.165, 1.54) is 32.1 Å². The average Bonchev–Trinajstić information content (AvgIpc) is 2.99. The Morgan fingerprint density at radius 2 is 1.90 bits per heavy atom. The Bertz CT molecular complexity index is 510. The lowest BCUT2D eigenvalue weighted by Crippen LogP contribution is -2.25. The summed E-state index contributed by atoms with van der Waals surface area (Å²) in [5, 5.41) is 11.6. The zero-order chi connectivity index (χ0) is 14.9. The number of rotatable bonds is 9. The van der Waals surface area contributed by atoms with Crippen LogP contribution in [-0.4, -0.2) is 16.2 Å². The highest BCUT2D eigenvalue weighted by Gasteiger charge is 2.09. The van der Waals surface area contributed by atoms with E-state index in [0.29, 0.717) is 24.4 Å². The molecule has 0 fully saturated rings. The summed E-state index contributed by atoms with van der Waals surface area (Å²) < 4.78 is 5.68. The molecule has 1 unspecified atom stereocenters. The molecule has 114 valence electrons. The van der Waals surface area contributed by atoms with Gasteiger partial charge in [0.15, 0.2) is 0 Å². The third-order valence-corrected chi connectivity index (χ3v) is 3.58. The van der Waals surface area contributed by atoms with Gasteiger partial charge < -0.3 is 9.73 Å². The molecule has 1 aromatic heterocycles. The van der Waals surface area contributed by atoms with E-state index in [0.717, 1.165) is 5.56 Å². The van der Waals surface area contributed by atoms with Gasteiger partial charge in [0.05, 0.1) is 6.54 Å². The second-order valence-corrected chi connectivity index (χ2v) is 5.50. The van der Waals surface area contributed by atoms with Crippen molar-refractivity contribution in [2.45, 2.75) is 58.5 Å². The minimum absolute atomic E-state index is 0.480. The van der Waals surface area contributed by atoms with Gasteiger partial charge in [-0.1, -0.05) is 50.8 Å². The fraction of sp³-hybridized carbons (Fsp3) is 0.529. The van der Waals surface area contributed by atoms with Gasteiger partial charge in [0, 0.05) is 11.6 Å². The molecule has 0 amide bonds. The molecule has 4 nitrogen and oxygen atoms in total. The Labute approximate surface area is 127 Å². The number of benzene rings is 1. The van der Waals surface area contributed by atoms with E-state index in [9.17, 15) is 0 Å². The highest BCUT2D eigenvalue weighted by Crippen LogP contribution is 2.16. The predicted octanol–water partition coefficient (Wildman–Crippen LogP) is 4.19. The average molecular weight is 287 g/mol. The lowest BCUT2D eigenvalue weighted by Gasteiger charge is -2.11. The van der Waals surface area contributed by atoms with E-state index in [1.807, 2.05) is 30.3 Å². The van der Waals surface area contributed by atoms with E-state index in [2.05, 4.69) is 29.4 Å². The maximum atomic E-state index is 5.68. The van der Waals surface area contributed by atoms with E-state index in [4.69, 9.17) is 4.42 Å². The summed E-state index contributed by atoms with van der Waals surface area (Å²) in [6.07, 6.45) is 6.41. The van der Waals surface area contributed by atoms with Crippen LogP contribution in [0.2, 0.25) is 0 Å². The summed E-state index contributed by atoms with van der Waals surface area (Å²) in [6.45, 7) is 5.08.